The number of carbonyl (C=O) groups excluding carboxylic acids is 2. The van der Waals surface area contributed by atoms with Gasteiger partial charge in [-0.3, -0.25) is 4.79 Å². The molecule has 154 valence electrons. The Morgan fingerprint density at radius 2 is 1.69 bits per heavy atom. The van der Waals surface area contributed by atoms with Crippen LogP contribution in [0.2, 0.25) is 0 Å². The van der Waals surface area contributed by atoms with E-state index in [-0.39, 0.29) is 29.0 Å². The molecule has 0 fully saturated rings. The second-order valence-electron chi connectivity index (χ2n) is 6.55. The second-order valence-corrected chi connectivity index (χ2v) is 6.55. The lowest BCUT2D eigenvalue weighted by Crippen LogP contribution is -2.34. The minimum absolute atomic E-state index is 0.0666. The van der Waals surface area contributed by atoms with Gasteiger partial charge in [0.25, 0.3) is 5.91 Å². The molecular weight excluding hydrogens is 372 g/mol. The van der Waals surface area contributed by atoms with Gasteiger partial charge in [0.05, 0.1) is 17.3 Å². The van der Waals surface area contributed by atoms with Crippen molar-refractivity contribution in [3.8, 4) is 0 Å². The van der Waals surface area contributed by atoms with Crippen LogP contribution in [0.25, 0.3) is 0 Å². The van der Waals surface area contributed by atoms with E-state index in [2.05, 4.69) is 15.6 Å². The van der Waals surface area contributed by atoms with Crippen molar-refractivity contribution >= 4 is 23.6 Å². The number of urea groups is 1. The van der Waals surface area contributed by atoms with Crippen LogP contribution < -0.4 is 10.6 Å². The molecule has 2 rings (SSSR count). The Balaban J connectivity index is 2.02. The Morgan fingerprint density at radius 3 is 2.21 bits per heavy atom. The third kappa shape index (κ3) is 5.54. The fourth-order valence-electron chi connectivity index (χ4n) is 2.84. The van der Waals surface area contributed by atoms with Gasteiger partial charge in [0.2, 0.25) is 0 Å². The summed E-state index contributed by atoms with van der Waals surface area (Å²) in [5, 5.41) is 14.7. The van der Waals surface area contributed by atoms with Crippen LogP contribution >= 0.6 is 0 Å². The number of pyridine rings is 1. The van der Waals surface area contributed by atoms with Crippen LogP contribution in [0.5, 0.6) is 0 Å². The van der Waals surface area contributed by atoms with Gasteiger partial charge in [-0.05, 0) is 57.5 Å². The predicted molar refractivity (Wildman–Crippen MR) is 110 cm³/mol. The zero-order valence-electron chi connectivity index (χ0n) is 17.0. The number of carbonyl (C=O) groups is 3. The zero-order chi connectivity index (χ0) is 21.6. The highest BCUT2D eigenvalue weighted by Crippen LogP contribution is 2.17. The van der Waals surface area contributed by atoms with E-state index in [0.717, 1.165) is 5.56 Å². The number of aromatic nitrogens is 1. The number of benzene rings is 1. The number of carboxylic acid groups (broad SMARTS) is 1. The number of nitrogens with zero attached hydrogens (tertiary/aromatic N) is 2. The molecule has 0 saturated heterocycles. The molecule has 0 aliphatic carbocycles. The van der Waals surface area contributed by atoms with Gasteiger partial charge in [0, 0.05) is 18.8 Å². The summed E-state index contributed by atoms with van der Waals surface area (Å²) in [6, 6.07) is 9.53. The molecular formula is C21H26N4O4. The summed E-state index contributed by atoms with van der Waals surface area (Å²) in [7, 11) is 0. The van der Waals surface area contributed by atoms with Crippen LogP contribution in [-0.4, -0.2) is 46.0 Å². The molecule has 0 aliphatic rings. The number of anilines is 1. The summed E-state index contributed by atoms with van der Waals surface area (Å²) in [5.41, 5.74) is 2.04. The van der Waals surface area contributed by atoms with Crippen molar-refractivity contribution in [1.29, 1.82) is 0 Å². The van der Waals surface area contributed by atoms with E-state index in [4.69, 9.17) is 5.11 Å². The topological polar surface area (TPSA) is 112 Å². The highest BCUT2D eigenvalue weighted by Gasteiger charge is 2.16. The molecule has 0 saturated carbocycles. The molecule has 0 radical (unpaired) electrons. The summed E-state index contributed by atoms with van der Waals surface area (Å²) in [4.78, 5) is 41.4. The number of hydrogen-bond acceptors (Lipinski definition) is 4. The van der Waals surface area contributed by atoms with Crippen molar-refractivity contribution in [3.63, 3.8) is 0 Å². The minimum atomic E-state index is -1.08. The monoisotopic (exact) mass is 398 g/mol. The molecule has 0 spiro atoms. The van der Waals surface area contributed by atoms with Crippen LogP contribution in [0, 0.1) is 6.92 Å². The van der Waals surface area contributed by atoms with Crippen molar-refractivity contribution in [1.82, 2.24) is 15.2 Å². The predicted octanol–water partition coefficient (Wildman–Crippen LogP) is 3.45. The van der Waals surface area contributed by atoms with Crippen molar-refractivity contribution < 1.29 is 19.5 Å². The molecule has 2 aromatic rings. The van der Waals surface area contributed by atoms with E-state index in [0.29, 0.717) is 18.8 Å². The average molecular weight is 398 g/mol. The van der Waals surface area contributed by atoms with Crippen LogP contribution in [0.4, 0.5) is 10.5 Å². The summed E-state index contributed by atoms with van der Waals surface area (Å²) < 4.78 is 0. The number of nitrogens with one attached hydrogen (secondary N) is 2. The Labute approximate surface area is 169 Å². The Bertz CT molecular complexity index is 892. The average Bonchev–Trinajstić information content (AvgIpc) is 2.69. The lowest BCUT2D eigenvalue weighted by molar-refractivity contribution is 0.0694. The normalized spacial score (nSPS) is 11.4. The molecule has 1 aromatic carbocycles. The fraction of sp³-hybridized carbons (Fsp3) is 0.333. The van der Waals surface area contributed by atoms with Gasteiger partial charge in [0.15, 0.2) is 0 Å². The number of aromatic carboxylic acids is 1. The third-order valence-electron chi connectivity index (χ3n) is 4.61. The molecule has 0 bridgehead atoms. The molecule has 1 atom stereocenters. The van der Waals surface area contributed by atoms with E-state index in [1.165, 1.54) is 12.1 Å². The summed E-state index contributed by atoms with van der Waals surface area (Å²) in [5.74, 6) is -1.47. The van der Waals surface area contributed by atoms with Gasteiger partial charge in [-0.25, -0.2) is 14.6 Å². The van der Waals surface area contributed by atoms with Crippen LogP contribution in [0.1, 0.15) is 58.9 Å². The van der Waals surface area contributed by atoms with E-state index >= 15 is 0 Å². The molecule has 3 amide bonds. The Kier molecular flexibility index (Phi) is 7.30. The third-order valence-corrected chi connectivity index (χ3v) is 4.61. The molecule has 0 aliphatic heterocycles. The summed E-state index contributed by atoms with van der Waals surface area (Å²) in [6.45, 7) is 8.48. The number of rotatable bonds is 7. The lowest BCUT2D eigenvalue weighted by atomic mass is 10.1. The first-order valence-corrected chi connectivity index (χ1v) is 9.44. The standard InChI is InChI=1S/C21H26N4O4/c1-5-25(6-2)21(29)24-16-9-7-15(8-10-16)13(3)23-19(26)18-12-11-17(20(27)28)14(4)22-18/h7-13H,5-6H2,1-4H3,(H,23,26)(H,24,29)(H,27,28). The smallest absolute Gasteiger partial charge is 0.337 e. The van der Waals surface area contributed by atoms with Gasteiger partial charge in [-0.2, -0.15) is 0 Å². The van der Waals surface area contributed by atoms with Crippen molar-refractivity contribution in [2.75, 3.05) is 18.4 Å². The van der Waals surface area contributed by atoms with Gasteiger partial charge in [0.1, 0.15) is 5.69 Å². The Hall–Kier alpha value is -3.42. The summed E-state index contributed by atoms with van der Waals surface area (Å²) in [6.07, 6.45) is 0. The van der Waals surface area contributed by atoms with E-state index < -0.39 is 11.9 Å². The maximum absolute atomic E-state index is 12.4. The van der Waals surface area contributed by atoms with Crippen molar-refractivity contribution in [2.45, 2.75) is 33.7 Å². The van der Waals surface area contributed by atoms with Gasteiger partial charge >= 0.3 is 12.0 Å². The largest absolute Gasteiger partial charge is 0.478 e. The quantitative estimate of drug-likeness (QED) is 0.661. The molecule has 1 aromatic heterocycles. The van der Waals surface area contributed by atoms with Crippen molar-refractivity contribution in [3.05, 3.63) is 58.9 Å². The first-order chi connectivity index (χ1) is 13.8. The van der Waals surface area contributed by atoms with Crippen LogP contribution in [0.15, 0.2) is 36.4 Å². The Morgan fingerprint density at radius 1 is 1.07 bits per heavy atom. The number of aryl methyl sites for hydroxylation is 1. The number of carboxylic acids is 1. The van der Waals surface area contributed by atoms with E-state index in [1.54, 1.807) is 24.0 Å². The highest BCUT2D eigenvalue weighted by atomic mass is 16.4. The highest BCUT2D eigenvalue weighted by molar-refractivity contribution is 5.94. The molecule has 3 N–H and O–H groups in total. The van der Waals surface area contributed by atoms with Crippen LogP contribution in [0.3, 0.4) is 0 Å². The molecule has 8 nitrogen and oxygen atoms in total. The molecule has 29 heavy (non-hydrogen) atoms. The van der Waals surface area contributed by atoms with E-state index in [1.807, 2.05) is 32.9 Å². The van der Waals surface area contributed by atoms with Gasteiger partial charge in [-0.1, -0.05) is 12.1 Å². The van der Waals surface area contributed by atoms with Gasteiger partial charge in [-0.15, -0.1) is 0 Å². The van der Waals surface area contributed by atoms with E-state index in [9.17, 15) is 14.4 Å². The van der Waals surface area contributed by atoms with Crippen molar-refractivity contribution in [2.24, 2.45) is 0 Å². The molecule has 8 heteroatoms. The van der Waals surface area contributed by atoms with Gasteiger partial charge < -0.3 is 20.6 Å². The molecule has 1 unspecified atom stereocenters. The zero-order valence-corrected chi connectivity index (χ0v) is 17.0. The molecule has 1 heterocycles. The lowest BCUT2D eigenvalue weighted by Gasteiger charge is -2.19. The maximum atomic E-state index is 12.4. The SMILES string of the molecule is CCN(CC)C(=O)Nc1ccc(C(C)NC(=O)c2ccc(C(=O)O)c(C)n2)cc1. The first-order valence-electron chi connectivity index (χ1n) is 9.44. The fourth-order valence-corrected chi connectivity index (χ4v) is 2.84. The maximum Gasteiger partial charge on any atom is 0.337 e. The first kappa shape index (κ1) is 21.9. The summed E-state index contributed by atoms with van der Waals surface area (Å²) >= 11 is 0. The number of hydrogen-bond donors (Lipinski definition) is 3. The second kappa shape index (κ2) is 9.68. The minimum Gasteiger partial charge on any atom is -0.478 e. The number of amides is 3. The van der Waals surface area contributed by atoms with Crippen LogP contribution in [-0.2, 0) is 0 Å².